The summed E-state index contributed by atoms with van der Waals surface area (Å²) >= 11 is 1.06. The van der Waals surface area contributed by atoms with E-state index in [1.165, 1.54) is 25.1 Å². The molecule has 3 aromatic rings. The Hall–Kier alpha value is -2.76. The molecule has 0 aliphatic carbocycles. The van der Waals surface area contributed by atoms with Crippen LogP contribution >= 0.6 is 11.3 Å². The second kappa shape index (κ2) is 7.70. The number of rotatable bonds is 6. The monoisotopic (exact) mass is 420 g/mol. The van der Waals surface area contributed by atoms with Gasteiger partial charge >= 0.3 is 12.8 Å². The van der Waals surface area contributed by atoms with Crippen LogP contribution in [0.1, 0.15) is 17.8 Å². The molecule has 0 atom stereocenters. The van der Waals surface area contributed by atoms with E-state index >= 15 is 0 Å². The molecule has 0 fully saturated rings. The lowest BCUT2D eigenvalue weighted by atomic mass is 10.3. The summed E-state index contributed by atoms with van der Waals surface area (Å²) in [7, 11) is 0. The average Bonchev–Trinajstić information content (AvgIpc) is 3.14. The van der Waals surface area contributed by atoms with Crippen molar-refractivity contribution < 1.29 is 31.5 Å². The Kier molecular flexibility index (Phi) is 5.49. The standard InChI is InChI=1S/C16H13F5N4O2S/c1-8-6-12(16(19,20)21)24-25(8)5-4-13(26)23-15-22-10-3-2-9(27-14(17)18)7-11(10)28-15/h2-3,6-7,14H,4-5H2,1H3,(H,22,23,26). The number of halogens is 5. The van der Waals surface area contributed by atoms with Crippen LogP contribution in [0.15, 0.2) is 24.3 Å². The Morgan fingerprint density at radius 3 is 2.71 bits per heavy atom. The minimum atomic E-state index is -4.55. The lowest BCUT2D eigenvalue weighted by molar-refractivity contribution is -0.141. The number of hydrogen-bond donors (Lipinski definition) is 1. The maximum atomic E-state index is 12.7. The van der Waals surface area contributed by atoms with Crippen LogP contribution in [0.2, 0.25) is 0 Å². The molecule has 0 unspecified atom stereocenters. The minimum absolute atomic E-state index is 0.0290. The van der Waals surface area contributed by atoms with Crippen molar-refractivity contribution in [2.45, 2.75) is 32.7 Å². The molecular weight excluding hydrogens is 407 g/mol. The molecule has 0 aliphatic heterocycles. The Balaban J connectivity index is 1.63. The number of nitrogens with zero attached hydrogens (tertiary/aromatic N) is 3. The van der Waals surface area contributed by atoms with Gasteiger partial charge in [0.05, 0.1) is 10.2 Å². The molecule has 3 rings (SSSR count). The molecule has 150 valence electrons. The van der Waals surface area contributed by atoms with E-state index in [4.69, 9.17) is 0 Å². The van der Waals surface area contributed by atoms with Crippen LogP contribution in [0.3, 0.4) is 0 Å². The van der Waals surface area contributed by atoms with Crippen molar-refractivity contribution >= 4 is 32.6 Å². The summed E-state index contributed by atoms with van der Waals surface area (Å²) in [6, 6.07) is 5.09. The number of carbonyl (C=O) groups is 1. The van der Waals surface area contributed by atoms with Crippen LogP contribution in [0.4, 0.5) is 27.1 Å². The zero-order chi connectivity index (χ0) is 20.5. The number of anilines is 1. The zero-order valence-corrected chi connectivity index (χ0v) is 15.1. The van der Waals surface area contributed by atoms with Crippen molar-refractivity contribution in [3.63, 3.8) is 0 Å². The normalized spacial score (nSPS) is 12.0. The summed E-state index contributed by atoms with van der Waals surface area (Å²) < 4.78 is 68.4. The van der Waals surface area contributed by atoms with E-state index in [-0.39, 0.29) is 29.5 Å². The molecule has 0 saturated heterocycles. The first-order valence-electron chi connectivity index (χ1n) is 7.89. The second-order valence-corrected chi connectivity index (χ2v) is 6.75. The van der Waals surface area contributed by atoms with Crippen molar-refractivity contribution in [3.05, 3.63) is 35.7 Å². The molecule has 0 bridgehead atoms. The number of ether oxygens (including phenoxy) is 1. The van der Waals surface area contributed by atoms with Crippen LogP contribution in [-0.4, -0.2) is 27.3 Å². The molecule has 1 aromatic carbocycles. The first-order valence-corrected chi connectivity index (χ1v) is 8.70. The maximum absolute atomic E-state index is 12.7. The summed E-state index contributed by atoms with van der Waals surface area (Å²) in [5, 5.41) is 6.22. The summed E-state index contributed by atoms with van der Waals surface area (Å²) in [5.74, 6) is -0.495. The van der Waals surface area contributed by atoms with Crippen LogP contribution in [0, 0.1) is 6.92 Å². The highest BCUT2D eigenvalue weighted by Gasteiger charge is 2.34. The van der Waals surface area contributed by atoms with Gasteiger partial charge in [0.15, 0.2) is 10.8 Å². The van der Waals surface area contributed by atoms with Gasteiger partial charge in [-0.2, -0.15) is 27.1 Å². The molecule has 6 nitrogen and oxygen atoms in total. The molecule has 0 radical (unpaired) electrons. The highest BCUT2D eigenvalue weighted by atomic mass is 32.1. The number of amides is 1. The Morgan fingerprint density at radius 2 is 2.07 bits per heavy atom. The first kappa shape index (κ1) is 20.0. The maximum Gasteiger partial charge on any atom is 0.435 e. The molecule has 2 aromatic heterocycles. The fourth-order valence-electron chi connectivity index (χ4n) is 2.40. The van der Waals surface area contributed by atoms with E-state index in [1.54, 1.807) is 0 Å². The number of carbonyl (C=O) groups excluding carboxylic acids is 1. The van der Waals surface area contributed by atoms with E-state index in [9.17, 15) is 26.7 Å². The summed E-state index contributed by atoms with van der Waals surface area (Å²) in [5.41, 5.74) is -0.246. The lowest BCUT2D eigenvalue weighted by Gasteiger charge is -2.05. The van der Waals surface area contributed by atoms with Gasteiger partial charge in [0.2, 0.25) is 5.91 Å². The van der Waals surface area contributed by atoms with Gasteiger partial charge in [0.25, 0.3) is 0 Å². The third-order valence-electron chi connectivity index (χ3n) is 3.65. The molecule has 28 heavy (non-hydrogen) atoms. The van der Waals surface area contributed by atoms with E-state index in [0.29, 0.717) is 10.2 Å². The summed E-state index contributed by atoms with van der Waals surface area (Å²) in [4.78, 5) is 16.2. The zero-order valence-electron chi connectivity index (χ0n) is 14.3. The van der Waals surface area contributed by atoms with Crippen LogP contribution < -0.4 is 10.1 Å². The number of benzene rings is 1. The van der Waals surface area contributed by atoms with E-state index in [1.807, 2.05) is 0 Å². The van der Waals surface area contributed by atoms with Crippen molar-refractivity contribution in [2.75, 3.05) is 5.32 Å². The van der Waals surface area contributed by atoms with Crippen molar-refractivity contribution in [1.29, 1.82) is 0 Å². The molecule has 2 heterocycles. The average molecular weight is 420 g/mol. The van der Waals surface area contributed by atoms with E-state index in [0.717, 1.165) is 22.1 Å². The highest BCUT2D eigenvalue weighted by Crippen LogP contribution is 2.30. The summed E-state index contributed by atoms with van der Waals surface area (Å²) in [6.45, 7) is -1.52. The van der Waals surface area contributed by atoms with Gasteiger partial charge < -0.3 is 10.1 Å². The van der Waals surface area contributed by atoms with Crippen molar-refractivity contribution in [3.8, 4) is 5.75 Å². The smallest absolute Gasteiger partial charge is 0.435 e. The minimum Gasteiger partial charge on any atom is -0.435 e. The number of aromatic nitrogens is 3. The third-order valence-corrected chi connectivity index (χ3v) is 4.59. The number of alkyl halides is 5. The fraction of sp³-hybridized carbons (Fsp3) is 0.312. The SMILES string of the molecule is Cc1cc(C(F)(F)F)nn1CCC(=O)Nc1nc2ccc(OC(F)F)cc2s1. The molecule has 12 heteroatoms. The van der Waals surface area contributed by atoms with Gasteiger partial charge in [-0.25, -0.2) is 4.98 Å². The molecule has 0 spiro atoms. The fourth-order valence-corrected chi connectivity index (χ4v) is 3.31. The second-order valence-electron chi connectivity index (χ2n) is 5.72. The third kappa shape index (κ3) is 4.74. The quantitative estimate of drug-likeness (QED) is 0.599. The Morgan fingerprint density at radius 1 is 1.32 bits per heavy atom. The molecule has 1 amide bonds. The number of nitrogens with one attached hydrogen (secondary N) is 1. The Bertz CT molecular complexity index is 999. The van der Waals surface area contributed by atoms with Crippen LogP contribution in [0.25, 0.3) is 10.2 Å². The number of hydrogen-bond acceptors (Lipinski definition) is 5. The molecular formula is C16H13F5N4O2S. The topological polar surface area (TPSA) is 69.0 Å². The number of thiazole rings is 1. The van der Waals surface area contributed by atoms with Gasteiger partial charge in [-0.05, 0) is 31.2 Å². The first-order chi connectivity index (χ1) is 13.1. The van der Waals surface area contributed by atoms with Gasteiger partial charge in [-0.15, -0.1) is 0 Å². The van der Waals surface area contributed by atoms with Gasteiger partial charge in [-0.1, -0.05) is 11.3 Å². The Labute approximate surface area is 158 Å². The van der Waals surface area contributed by atoms with Gasteiger partial charge in [0, 0.05) is 18.7 Å². The number of fused-ring (bicyclic) bond motifs is 1. The van der Waals surface area contributed by atoms with Crippen molar-refractivity contribution in [1.82, 2.24) is 14.8 Å². The van der Waals surface area contributed by atoms with Crippen LogP contribution in [0.5, 0.6) is 5.75 Å². The lowest BCUT2D eigenvalue weighted by Crippen LogP contribution is -2.16. The van der Waals surface area contributed by atoms with E-state index < -0.39 is 24.4 Å². The molecule has 0 saturated carbocycles. The largest absolute Gasteiger partial charge is 0.435 e. The predicted octanol–water partition coefficient (Wildman–Crippen LogP) is 4.45. The predicted molar refractivity (Wildman–Crippen MR) is 91.5 cm³/mol. The molecule has 0 aliphatic rings. The summed E-state index contributed by atoms with van der Waals surface area (Å²) in [6.07, 6.45) is -4.67. The van der Waals surface area contributed by atoms with E-state index in [2.05, 4.69) is 20.1 Å². The van der Waals surface area contributed by atoms with Gasteiger partial charge in [0.1, 0.15) is 5.75 Å². The van der Waals surface area contributed by atoms with Crippen LogP contribution in [-0.2, 0) is 17.5 Å². The van der Waals surface area contributed by atoms with Crippen molar-refractivity contribution in [2.24, 2.45) is 0 Å². The number of aryl methyl sites for hydroxylation is 2. The highest BCUT2D eigenvalue weighted by molar-refractivity contribution is 7.22. The van der Waals surface area contributed by atoms with Gasteiger partial charge in [-0.3, -0.25) is 9.48 Å². The molecule has 1 N–H and O–H groups in total.